The largest absolute Gasteiger partial charge is 0.497 e. The van der Waals surface area contributed by atoms with Gasteiger partial charge in [-0.05, 0) is 37.3 Å². The first-order chi connectivity index (χ1) is 14.2. The van der Waals surface area contributed by atoms with E-state index < -0.39 is 20.9 Å². The van der Waals surface area contributed by atoms with E-state index in [2.05, 4.69) is 4.40 Å². The number of ether oxygens (including phenoxy) is 2. The number of esters is 1. The summed E-state index contributed by atoms with van der Waals surface area (Å²) in [6, 6.07) is 9.71. The lowest BCUT2D eigenvalue weighted by Crippen LogP contribution is -2.23. The van der Waals surface area contributed by atoms with Gasteiger partial charge in [0, 0.05) is 12.1 Å². The maximum atomic E-state index is 12.8. The van der Waals surface area contributed by atoms with E-state index in [0.717, 1.165) is 11.3 Å². The zero-order chi connectivity index (χ0) is 21.9. The van der Waals surface area contributed by atoms with Crippen LogP contribution in [0, 0.1) is 10.1 Å². The molecular formula is C18H17N3O7S2. The number of nitrogens with zero attached hydrogens (tertiary/aromatic N) is 3. The van der Waals surface area contributed by atoms with Gasteiger partial charge in [0.15, 0.2) is 0 Å². The molecule has 30 heavy (non-hydrogen) atoms. The number of non-ortho nitro benzene ring substituents is 1. The molecule has 0 atom stereocenters. The lowest BCUT2D eigenvalue weighted by atomic mass is 10.3. The van der Waals surface area contributed by atoms with E-state index in [9.17, 15) is 23.3 Å². The second kappa shape index (κ2) is 8.63. The summed E-state index contributed by atoms with van der Waals surface area (Å²) in [5, 5.41) is 11.1. The van der Waals surface area contributed by atoms with Crippen molar-refractivity contribution in [3.8, 4) is 5.75 Å². The molecule has 0 fully saturated rings. The number of hydrogen-bond donors (Lipinski definition) is 0. The summed E-state index contributed by atoms with van der Waals surface area (Å²) in [7, 11) is -2.65. The second-order valence-corrected chi connectivity index (χ2v) is 8.54. The first-order valence-corrected chi connectivity index (χ1v) is 10.9. The third-order valence-electron chi connectivity index (χ3n) is 4.03. The van der Waals surface area contributed by atoms with Crippen LogP contribution in [0.3, 0.4) is 0 Å². The fraction of sp³-hybridized carbons (Fsp3) is 0.222. The standard InChI is InChI=1S/C18H17N3O7S2/c1-3-28-17(22)11-20-15-9-4-12(21(23)24)10-16(15)29-18(20)19-30(25,26)14-7-5-13(27-2)6-8-14/h4-10H,3,11H2,1-2H3/b19-18-. The van der Waals surface area contributed by atoms with Crippen molar-refractivity contribution in [3.05, 3.63) is 57.4 Å². The average molecular weight is 451 g/mol. The van der Waals surface area contributed by atoms with E-state index in [-0.39, 0.29) is 28.5 Å². The van der Waals surface area contributed by atoms with Gasteiger partial charge in [-0.25, -0.2) is 0 Å². The van der Waals surface area contributed by atoms with Crippen LogP contribution in [0.4, 0.5) is 5.69 Å². The minimum atomic E-state index is -4.11. The number of carbonyl (C=O) groups excluding carboxylic acids is 1. The van der Waals surface area contributed by atoms with E-state index in [0.29, 0.717) is 16.0 Å². The van der Waals surface area contributed by atoms with Crippen molar-refractivity contribution >= 4 is 43.2 Å². The molecule has 0 aliphatic heterocycles. The normalized spacial score (nSPS) is 12.1. The maximum absolute atomic E-state index is 12.8. The molecule has 0 aliphatic rings. The van der Waals surface area contributed by atoms with E-state index in [1.165, 1.54) is 54.1 Å². The first kappa shape index (κ1) is 21.5. The Hall–Kier alpha value is -3.25. The number of rotatable bonds is 7. The van der Waals surface area contributed by atoms with Crippen molar-refractivity contribution in [2.24, 2.45) is 4.40 Å². The fourth-order valence-corrected chi connectivity index (χ4v) is 4.90. The summed E-state index contributed by atoms with van der Waals surface area (Å²) in [6.45, 7) is 1.52. The molecule has 2 aromatic carbocycles. The summed E-state index contributed by atoms with van der Waals surface area (Å²) in [5.41, 5.74) is 0.277. The van der Waals surface area contributed by atoms with Crippen LogP contribution in [0.15, 0.2) is 51.8 Å². The van der Waals surface area contributed by atoms with E-state index in [4.69, 9.17) is 9.47 Å². The molecule has 10 nitrogen and oxygen atoms in total. The number of hydrogen-bond acceptors (Lipinski definition) is 8. The minimum Gasteiger partial charge on any atom is -0.497 e. The lowest BCUT2D eigenvalue weighted by molar-refractivity contribution is -0.384. The number of carbonyl (C=O) groups is 1. The third-order valence-corrected chi connectivity index (χ3v) is 6.46. The molecule has 0 amide bonds. The molecule has 0 aliphatic carbocycles. The van der Waals surface area contributed by atoms with Gasteiger partial charge in [-0.1, -0.05) is 11.3 Å². The number of fused-ring (bicyclic) bond motifs is 1. The van der Waals surface area contributed by atoms with E-state index >= 15 is 0 Å². The van der Waals surface area contributed by atoms with Gasteiger partial charge in [-0.2, -0.15) is 8.42 Å². The highest BCUT2D eigenvalue weighted by molar-refractivity contribution is 7.90. The molecule has 0 saturated carbocycles. The predicted octanol–water partition coefficient (Wildman–Crippen LogP) is 2.47. The molecular weight excluding hydrogens is 434 g/mol. The van der Waals surface area contributed by atoms with Crippen molar-refractivity contribution in [2.45, 2.75) is 18.4 Å². The van der Waals surface area contributed by atoms with E-state index in [1.54, 1.807) is 6.92 Å². The maximum Gasteiger partial charge on any atom is 0.326 e. The number of nitro groups is 1. The van der Waals surface area contributed by atoms with Gasteiger partial charge in [0.05, 0.1) is 33.8 Å². The topological polar surface area (TPSA) is 130 Å². The number of nitro benzene ring substituents is 1. The zero-order valence-corrected chi connectivity index (χ0v) is 17.6. The van der Waals surface area contributed by atoms with Gasteiger partial charge in [0.1, 0.15) is 12.3 Å². The molecule has 0 N–H and O–H groups in total. The Labute approximate surface area is 175 Å². The minimum absolute atomic E-state index is 0.00521. The molecule has 3 rings (SSSR count). The lowest BCUT2D eigenvalue weighted by Gasteiger charge is -2.05. The first-order valence-electron chi connectivity index (χ1n) is 8.63. The second-order valence-electron chi connectivity index (χ2n) is 5.93. The quantitative estimate of drug-likeness (QED) is 0.306. The Morgan fingerprint density at radius 1 is 1.23 bits per heavy atom. The van der Waals surface area contributed by atoms with Crippen molar-refractivity contribution in [2.75, 3.05) is 13.7 Å². The number of thiazole rings is 1. The molecule has 1 heterocycles. The molecule has 3 aromatic rings. The molecule has 158 valence electrons. The van der Waals surface area contributed by atoms with Crippen LogP contribution in [-0.4, -0.2) is 37.6 Å². The van der Waals surface area contributed by atoms with Gasteiger partial charge in [0.2, 0.25) is 4.80 Å². The molecule has 1 aromatic heterocycles. The number of aromatic nitrogens is 1. The van der Waals surface area contributed by atoms with Crippen LogP contribution < -0.4 is 9.54 Å². The monoisotopic (exact) mass is 451 g/mol. The van der Waals surface area contributed by atoms with Gasteiger partial charge >= 0.3 is 5.97 Å². The smallest absolute Gasteiger partial charge is 0.326 e. The van der Waals surface area contributed by atoms with Gasteiger partial charge in [0.25, 0.3) is 15.7 Å². The third kappa shape index (κ3) is 4.49. The highest BCUT2D eigenvalue weighted by atomic mass is 32.2. The van der Waals surface area contributed by atoms with Gasteiger partial charge < -0.3 is 14.0 Å². The van der Waals surface area contributed by atoms with Crippen molar-refractivity contribution in [1.82, 2.24) is 4.57 Å². The summed E-state index contributed by atoms with van der Waals surface area (Å²) < 4.78 is 41.2. The Bertz CT molecular complexity index is 1280. The molecule has 12 heteroatoms. The van der Waals surface area contributed by atoms with Crippen molar-refractivity contribution in [1.29, 1.82) is 0 Å². The fourth-order valence-electron chi connectivity index (χ4n) is 2.64. The zero-order valence-electron chi connectivity index (χ0n) is 16.0. The van der Waals surface area contributed by atoms with Crippen molar-refractivity contribution < 1.29 is 27.6 Å². The van der Waals surface area contributed by atoms with Gasteiger partial charge in [-0.3, -0.25) is 14.9 Å². The number of sulfonamides is 1. The number of methoxy groups -OCH3 is 1. The summed E-state index contributed by atoms with van der Waals surface area (Å²) >= 11 is 0.925. The van der Waals surface area contributed by atoms with Crippen molar-refractivity contribution in [3.63, 3.8) is 0 Å². The van der Waals surface area contributed by atoms with Crippen LogP contribution in [0.25, 0.3) is 10.2 Å². The summed E-state index contributed by atoms with van der Waals surface area (Å²) in [6.07, 6.45) is 0. The SMILES string of the molecule is CCOC(=O)Cn1/c(=N/S(=O)(=O)c2ccc(OC)cc2)sc2cc([N+](=O)[O-])ccc21. The Kier molecular flexibility index (Phi) is 6.17. The highest BCUT2D eigenvalue weighted by Crippen LogP contribution is 2.24. The highest BCUT2D eigenvalue weighted by Gasteiger charge is 2.18. The Balaban J connectivity index is 2.18. The van der Waals surface area contributed by atoms with Crippen LogP contribution in [0.1, 0.15) is 6.92 Å². The molecule has 0 spiro atoms. The Morgan fingerprint density at radius 3 is 2.53 bits per heavy atom. The van der Waals surface area contributed by atoms with Crippen LogP contribution in [0.5, 0.6) is 5.75 Å². The number of benzene rings is 2. The Morgan fingerprint density at radius 2 is 1.93 bits per heavy atom. The van der Waals surface area contributed by atoms with Crippen LogP contribution >= 0.6 is 11.3 Å². The summed E-state index contributed by atoms with van der Waals surface area (Å²) in [4.78, 5) is 22.5. The van der Waals surface area contributed by atoms with Crippen LogP contribution in [0.2, 0.25) is 0 Å². The van der Waals surface area contributed by atoms with E-state index in [1.807, 2.05) is 0 Å². The predicted molar refractivity (Wildman–Crippen MR) is 109 cm³/mol. The van der Waals surface area contributed by atoms with Crippen LogP contribution in [-0.2, 0) is 26.1 Å². The molecule has 0 radical (unpaired) electrons. The molecule has 0 unspecified atom stereocenters. The molecule has 0 saturated heterocycles. The van der Waals surface area contributed by atoms with Gasteiger partial charge in [-0.15, -0.1) is 4.40 Å². The molecule has 0 bridgehead atoms. The summed E-state index contributed by atoms with van der Waals surface area (Å²) in [5.74, 6) is -0.0978. The average Bonchev–Trinajstić information content (AvgIpc) is 3.03.